The zero-order valence-electron chi connectivity index (χ0n) is 13.7. The maximum Gasteiger partial charge on any atom is 0.471 e. The molecular formula is C15H24F3NO2SSi. The monoisotopic (exact) mass is 367 g/mol. The van der Waals surface area contributed by atoms with Gasteiger partial charge in [0, 0.05) is 11.4 Å². The molecular weight excluding hydrogens is 343 g/mol. The van der Waals surface area contributed by atoms with E-state index in [1.165, 1.54) is 11.3 Å². The minimum Gasteiger partial charge on any atom is -0.409 e. The Morgan fingerprint density at radius 3 is 2.35 bits per heavy atom. The first-order chi connectivity index (χ1) is 10.8. The van der Waals surface area contributed by atoms with Crippen LogP contribution in [-0.2, 0) is 9.22 Å². The summed E-state index contributed by atoms with van der Waals surface area (Å²) >= 11 is 1.53. The number of amides is 1. The number of carbonyl (C=O) groups excluding carboxylic acids is 1. The lowest BCUT2D eigenvalue weighted by molar-refractivity contribution is -0.173. The third-order valence-corrected chi connectivity index (χ3v) is 9.75. The Morgan fingerprint density at radius 1 is 1.30 bits per heavy atom. The molecule has 8 heteroatoms. The summed E-state index contributed by atoms with van der Waals surface area (Å²) in [5.74, 6) is -1.90. The van der Waals surface area contributed by atoms with Gasteiger partial charge in [0.25, 0.3) is 0 Å². The Balaban J connectivity index is 2.73. The van der Waals surface area contributed by atoms with Gasteiger partial charge >= 0.3 is 12.1 Å². The topological polar surface area (TPSA) is 38.3 Å². The summed E-state index contributed by atoms with van der Waals surface area (Å²) in [4.78, 5) is 11.9. The van der Waals surface area contributed by atoms with Gasteiger partial charge in [0.1, 0.15) is 0 Å². The van der Waals surface area contributed by atoms with Crippen LogP contribution < -0.4 is 5.32 Å². The zero-order valence-corrected chi connectivity index (χ0v) is 15.5. The van der Waals surface area contributed by atoms with Crippen LogP contribution in [-0.4, -0.2) is 26.9 Å². The first-order valence-electron chi connectivity index (χ1n) is 7.84. The standard InChI is InChI=1S/C15H24F3NO2SSi/c1-4-23(5-2,6-3)21-12(13-8-7-11-22-13)9-10-19-14(20)15(16,17)18/h7-8,11-12H,4-6,9-10H2,1-3H3,(H,19,20)/t12-/m0/s1. The molecule has 1 N–H and O–H groups in total. The first kappa shape index (κ1) is 20.2. The second kappa shape index (κ2) is 8.84. The van der Waals surface area contributed by atoms with E-state index in [1.54, 1.807) is 0 Å². The molecule has 0 unspecified atom stereocenters. The van der Waals surface area contributed by atoms with Crippen molar-refractivity contribution >= 4 is 25.6 Å². The summed E-state index contributed by atoms with van der Waals surface area (Å²) < 4.78 is 43.2. The first-order valence-corrected chi connectivity index (χ1v) is 11.2. The quantitative estimate of drug-likeness (QED) is 0.632. The number of hydrogen-bond donors (Lipinski definition) is 1. The van der Waals surface area contributed by atoms with Gasteiger partial charge in [0.05, 0.1) is 6.10 Å². The van der Waals surface area contributed by atoms with Gasteiger partial charge in [0.2, 0.25) is 0 Å². The van der Waals surface area contributed by atoms with E-state index in [-0.39, 0.29) is 12.6 Å². The van der Waals surface area contributed by atoms with Crippen LogP contribution in [0.15, 0.2) is 17.5 Å². The molecule has 132 valence electrons. The van der Waals surface area contributed by atoms with E-state index in [2.05, 4.69) is 20.8 Å². The molecule has 0 aromatic carbocycles. The number of alkyl halides is 3. The summed E-state index contributed by atoms with van der Waals surface area (Å²) in [6.07, 6.45) is -4.75. The Labute approximate surface area is 140 Å². The van der Waals surface area contributed by atoms with Crippen LogP contribution in [0.1, 0.15) is 38.2 Å². The summed E-state index contributed by atoms with van der Waals surface area (Å²) in [6, 6.07) is 6.74. The third-order valence-electron chi connectivity index (χ3n) is 4.14. The SMILES string of the molecule is CC[Si](CC)(CC)O[C@@H](CCNC(=O)C(F)(F)F)c1cccs1. The predicted molar refractivity (Wildman–Crippen MR) is 89.0 cm³/mol. The molecule has 1 atom stereocenters. The lowest BCUT2D eigenvalue weighted by atomic mass is 10.2. The Kier molecular flexibility index (Phi) is 7.76. The minimum atomic E-state index is -4.84. The lowest BCUT2D eigenvalue weighted by Gasteiger charge is -2.33. The molecule has 1 aromatic rings. The molecule has 0 spiro atoms. The Bertz CT molecular complexity index is 467. The van der Waals surface area contributed by atoms with Gasteiger partial charge in [-0.1, -0.05) is 26.8 Å². The molecule has 0 saturated carbocycles. The number of rotatable bonds is 9. The Morgan fingerprint density at radius 2 is 1.91 bits per heavy atom. The number of nitrogens with one attached hydrogen (secondary N) is 1. The fourth-order valence-electron chi connectivity index (χ4n) is 2.45. The fraction of sp³-hybridized carbons (Fsp3) is 0.667. The Hall–Kier alpha value is -0.863. The van der Waals surface area contributed by atoms with Crippen LogP contribution in [0.5, 0.6) is 0 Å². The van der Waals surface area contributed by atoms with Crippen LogP contribution >= 0.6 is 11.3 Å². The maximum atomic E-state index is 12.2. The van der Waals surface area contributed by atoms with E-state index < -0.39 is 20.4 Å². The molecule has 1 heterocycles. The summed E-state index contributed by atoms with van der Waals surface area (Å²) in [5, 5.41) is 3.85. The molecule has 0 aliphatic heterocycles. The van der Waals surface area contributed by atoms with E-state index in [1.807, 2.05) is 22.8 Å². The van der Waals surface area contributed by atoms with Gasteiger partial charge in [-0.15, -0.1) is 11.3 Å². The van der Waals surface area contributed by atoms with Gasteiger partial charge in [-0.3, -0.25) is 4.79 Å². The lowest BCUT2D eigenvalue weighted by Crippen LogP contribution is -2.40. The highest BCUT2D eigenvalue weighted by atomic mass is 32.1. The van der Waals surface area contributed by atoms with Crippen molar-refractivity contribution < 1.29 is 22.4 Å². The van der Waals surface area contributed by atoms with Crippen LogP contribution in [0.4, 0.5) is 13.2 Å². The van der Waals surface area contributed by atoms with Crippen molar-refractivity contribution in [3.63, 3.8) is 0 Å². The van der Waals surface area contributed by atoms with E-state index in [0.29, 0.717) is 6.42 Å². The highest BCUT2D eigenvalue weighted by molar-refractivity contribution is 7.10. The van der Waals surface area contributed by atoms with Gasteiger partial charge in [-0.05, 0) is 36.0 Å². The normalized spacial score (nSPS) is 13.8. The summed E-state index contributed by atoms with van der Waals surface area (Å²) in [6.45, 7) is 6.27. The maximum absolute atomic E-state index is 12.2. The van der Waals surface area contributed by atoms with Crippen molar-refractivity contribution in [2.45, 2.75) is 57.6 Å². The van der Waals surface area contributed by atoms with Crippen molar-refractivity contribution in [1.82, 2.24) is 5.32 Å². The largest absolute Gasteiger partial charge is 0.471 e. The molecule has 0 aliphatic carbocycles. The van der Waals surface area contributed by atoms with Crippen LogP contribution in [0.3, 0.4) is 0 Å². The van der Waals surface area contributed by atoms with Crippen molar-refractivity contribution in [3.05, 3.63) is 22.4 Å². The molecule has 1 aromatic heterocycles. The predicted octanol–water partition coefficient (Wildman–Crippen LogP) is 4.88. The molecule has 0 fully saturated rings. The summed E-state index contributed by atoms with van der Waals surface area (Å²) in [5.41, 5.74) is 0. The highest BCUT2D eigenvalue weighted by Gasteiger charge is 2.38. The second-order valence-electron chi connectivity index (χ2n) is 5.41. The molecule has 1 amide bonds. The second-order valence-corrected chi connectivity index (χ2v) is 11.1. The molecule has 0 bridgehead atoms. The molecule has 0 saturated heterocycles. The van der Waals surface area contributed by atoms with E-state index in [4.69, 9.17) is 4.43 Å². The molecule has 0 radical (unpaired) electrons. The zero-order chi connectivity index (χ0) is 17.5. The number of hydrogen-bond acceptors (Lipinski definition) is 3. The highest BCUT2D eigenvalue weighted by Crippen LogP contribution is 2.33. The fourth-order valence-corrected chi connectivity index (χ4v) is 6.18. The number of halogens is 3. The number of thiophene rings is 1. The molecule has 0 aliphatic rings. The van der Waals surface area contributed by atoms with Crippen LogP contribution in [0, 0.1) is 0 Å². The van der Waals surface area contributed by atoms with Crippen molar-refractivity contribution in [2.75, 3.05) is 6.54 Å². The van der Waals surface area contributed by atoms with E-state index >= 15 is 0 Å². The average molecular weight is 368 g/mol. The van der Waals surface area contributed by atoms with Crippen molar-refractivity contribution in [3.8, 4) is 0 Å². The van der Waals surface area contributed by atoms with Gasteiger partial charge in [-0.2, -0.15) is 13.2 Å². The van der Waals surface area contributed by atoms with Crippen molar-refractivity contribution in [1.29, 1.82) is 0 Å². The van der Waals surface area contributed by atoms with Gasteiger partial charge < -0.3 is 9.74 Å². The van der Waals surface area contributed by atoms with E-state index in [9.17, 15) is 18.0 Å². The van der Waals surface area contributed by atoms with E-state index in [0.717, 1.165) is 23.0 Å². The minimum absolute atomic E-state index is 0.0530. The number of carbonyl (C=O) groups is 1. The van der Waals surface area contributed by atoms with Crippen LogP contribution in [0.25, 0.3) is 0 Å². The van der Waals surface area contributed by atoms with Gasteiger partial charge in [0.15, 0.2) is 8.32 Å². The molecule has 23 heavy (non-hydrogen) atoms. The third kappa shape index (κ3) is 5.93. The van der Waals surface area contributed by atoms with Crippen molar-refractivity contribution in [2.24, 2.45) is 0 Å². The molecule has 1 rings (SSSR count). The van der Waals surface area contributed by atoms with Gasteiger partial charge in [-0.25, -0.2) is 0 Å². The van der Waals surface area contributed by atoms with Crippen LogP contribution in [0.2, 0.25) is 18.1 Å². The molecule has 3 nitrogen and oxygen atoms in total. The average Bonchev–Trinajstić information content (AvgIpc) is 3.04. The summed E-state index contributed by atoms with van der Waals surface area (Å²) in [7, 11) is -1.88. The smallest absolute Gasteiger partial charge is 0.409 e.